The second kappa shape index (κ2) is 8.72. The predicted molar refractivity (Wildman–Crippen MR) is 105 cm³/mol. The number of benzene rings is 2. The van der Waals surface area contributed by atoms with Crippen LogP contribution >= 0.6 is 0 Å². The number of carbonyl (C=O) groups excluding carboxylic acids is 1. The van der Waals surface area contributed by atoms with Crippen LogP contribution < -0.4 is 0 Å². The van der Waals surface area contributed by atoms with Crippen molar-refractivity contribution < 1.29 is 26.8 Å². The molecule has 0 aliphatic heterocycles. The van der Waals surface area contributed by atoms with Crippen molar-refractivity contribution in [2.24, 2.45) is 0 Å². The van der Waals surface area contributed by atoms with E-state index in [1.54, 1.807) is 6.92 Å². The maximum absolute atomic E-state index is 13.0. The molecule has 2 aromatic carbocycles. The molecule has 0 saturated heterocycles. The zero-order valence-corrected chi connectivity index (χ0v) is 17.4. The first-order valence-electron chi connectivity index (χ1n) is 8.98. The number of nitrogens with zero attached hydrogens (tertiary/aromatic N) is 3. The average Bonchev–Trinajstić information content (AvgIpc) is 3.19. The van der Waals surface area contributed by atoms with Crippen molar-refractivity contribution in [3.8, 4) is 11.5 Å². The molecule has 0 aliphatic carbocycles. The minimum Gasteiger partial charge on any atom is -0.452 e. The molecule has 0 saturated carbocycles. The molecular formula is C20H20FN3O5S. The normalized spacial score (nSPS) is 12.7. The highest BCUT2D eigenvalue weighted by molar-refractivity contribution is 7.89. The highest BCUT2D eigenvalue weighted by Crippen LogP contribution is 2.23. The lowest BCUT2D eigenvalue weighted by molar-refractivity contribution is -0.149. The molecule has 1 heterocycles. The van der Waals surface area contributed by atoms with Gasteiger partial charge >= 0.3 is 5.97 Å². The van der Waals surface area contributed by atoms with Crippen molar-refractivity contribution in [3.05, 3.63) is 65.8 Å². The molecule has 3 aromatic rings. The van der Waals surface area contributed by atoms with E-state index in [1.165, 1.54) is 7.05 Å². The van der Waals surface area contributed by atoms with Gasteiger partial charge in [-0.3, -0.25) is 4.79 Å². The van der Waals surface area contributed by atoms with E-state index in [4.69, 9.17) is 9.15 Å². The first-order chi connectivity index (χ1) is 14.2. The van der Waals surface area contributed by atoms with Crippen LogP contribution in [0.4, 0.5) is 4.39 Å². The van der Waals surface area contributed by atoms with Crippen molar-refractivity contribution in [1.82, 2.24) is 14.5 Å². The smallest absolute Gasteiger partial charge is 0.322 e. The predicted octanol–water partition coefficient (Wildman–Crippen LogP) is 3.11. The molecular weight excluding hydrogens is 413 g/mol. The van der Waals surface area contributed by atoms with Crippen LogP contribution in [0.3, 0.4) is 0 Å². The number of likely N-dealkylation sites (N-methyl/N-ethyl adjacent to an activating group) is 1. The number of halogens is 1. The van der Waals surface area contributed by atoms with Crippen molar-refractivity contribution in [2.75, 3.05) is 13.6 Å². The lowest BCUT2D eigenvalue weighted by atomic mass is 10.1. The standard InChI is InChI=1S/C20H20FN3O5S/c1-13-4-6-15(7-5-13)20-23-22-19(29-20)14(2)28-18(25)12-24(3)30(26,27)17-10-8-16(21)9-11-17/h4-11,14H,12H2,1-3H3. The van der Waals surface area contributed by atoms with Crippen molar-refractivity contribution >= 4 is 16.0 Å². The average molecular weight is 433 g/mol. The number of carbonyl (C=O) groups is 1. The molecule has 0 aliphatic rings. The molecule has 1 aromatic heterocycles. The summed E-state index contributed by atoms with van der Waals surface area (Å²) in [7, 11) is -2.74. The van der Waals surface area contributed by atoms with Gasteiger partial charge in [0.2, 0.25) is 15.9 Å². The Morgan fingerprint density at radius 3 is 2.40 bits per heavy atom. The van der Waals surface area contributed by atoms with Gasteiger partial charge in [-0.15, -0.1) is 10.2 Å². The van der Waals surface area contributed by atoms with Crippen LogP contribution in [0.25, 0.3) is 11.5 Å². The monoisotopic (exact) mass is 433 g/mol. The van der Waals surface area contributed by atoms with Crippen LogP contribution in [0.2, 0.25) is 0 Å². The third-order valence-electron chi connectivity index (χ3n) is 4.27. The molecule has 158 valence electrons. The molecule has 1 atom stereocenters. The van der Waals surface area contributed by atoms with Gasteiger partial charge in [-0.1, -0.05) is 17.7 Å². The molecule has 3 rings (SSSR count). The van der Waals surface area contributed by atoms with E-state index in [9.17, 15) is 17.6 Å². The molecule has 1 unspecified atom stereocenters. The molecule has 0 fully saturated rings. The van der Waals surface area contributed by atoms with Gasteiger partial charge in [-0.25, -0.2) is 12.8 Å². The Morgan fingerprint density at radius 1 is 1.13 bits per heavy atom. The molecule has 0 radical (unpaired) electrons. The zero-order valence-electron chi connectivity index (χ0n) is 16.6. The minimum absolute atomic E-state index is 0.0861. The SMILES string of the molecule is Cc1ccc(-c2nnc(C(C)OC(=O)CN(C)S(=O)(=O)c3ccc(F)cc3)o2)cc1. The van der Waals surface area contributed by atoms with Crippen LogP contribution in [0, 0.1) is 12.7 Å². The lowest BCUT2D eigenvalue weighted by Gasteiger charge is -2.17. The maximum Gasteiger partial charge on any atom is 0.322 e. The van der Waals surface area contributed by atoms with E-state index >= 15 is 0 Å². The number of aryl methyl sites for hydroxylation is 1. The summed E-state index contributed by atoms with van der Waals surface area (Å²) >= 11 is 0. The summed E-state index contributed by atoms with van der Waals surface area (Å²) in [6.45, 7) is 2.96. The summed E-state index contributed by atoms with van der Waals surface area (Å²) < 4.78 is 49.6. The topological polar surface area (TPSA) is 103 Å². The number of ether oxygens (including phenoxy) is 1. The van der Waals surface area contributed by atoms with Crippen LogP contribution in [0.5, 0.6) is 0 Å². The number of esters is 1. The Labute approximate surface area is 173 Å². The van der Waals surface area contributed by atoms with E-state index < -0.39 is 34.5 Å². The quantitative estimate of drug-likeness (QED) is 0.528. The van der Waals surface area contributed by atoms with Gasteiger partial charge in [0.1, 0.15) is 12.4 Å². The molecule has 0 spiro atoms. The minimum atomic E-state index is -3.97. The van der Waals surface area contributed by atoms with Gasteiger partial charge in [-0.2, -0.15) is 4.31 Å². The van der Waals surface area contributed by atoms with E-state index in [1.807, 2.05) is 31.2 Å². The molecule has 0 bridgehead atoms. The summed E-state index contributed by atoms with van der Waals surface area (Å²) in [5, 5.41) is 7.84. The summed E-state index contributed by atoms with van der Waals surface area (Å²) in [5.74, 6) is -0.993. The first kappa shape index (κ1) is 21.6. The van der Waals surface area contributed by atoms with Gasteiger partial charge in [-0.05, 0) is 50.2 Å². The first-order valence-corrected chi connectivity index (χ1v) is 10.4. The Balaban J connectivity index is 1.63. The zero-order chi connectivity index (χ0) is 21.9. The van der Waals surface area contributed by atoms with E-state index in [0.717, 1.165) is 39.7 Å². The summed E-state index contributed by atoms with van der Waals surface area (Å²) in [4.78, 5) is 12.1. The number of hydrogen-bond acceptors (Lipinski definition) is 7. The third kappa shape index (κ3) is 4.89. The number of sulfonamides is 1. The van der Waals surface area contributed by atoms with Crippen molar-refractivity contribution in [2.45, 2.75) is 24.8 Å². The van der Waals surface area contributed by atoms with Gasteiger partial charge in [0.25, 0.3) is 5.89 Å². The van der Waals surface area contributed by atoms with Crippen molar-refractivity contribution in [1.29, 1.82) is 0 Å². The second-order valence-corrected chi connectivity index (χ2v) is 8.70. The Hall–Kier alpha value is -3.11. The fourth-order valence-corrected chi connectivity index (χ4v) is 3.67. The van der Waals surface area contributed by atoms with Crippen LogP contribution in [-0.4, -0.2) is 42.5 Å². The summed E-state index contributed by atoms with van der Waals surface area (Å²) in [6.07, 6.45) is -0.869. The van der Waals surface area contributed by atoms with Gasteiger partial charge in [0, 0.05) is 12.6 Å². The molecule has 30 heavy (non-hydrogen) atoms. The second-order valence-electron chi connectivity index (χ2n) is 6.66. The van der Waals surface area contributed by atoms with Crippen molar-refractivity contribution in [3.63, 3.8) is 0 Å². The fourth-order valence-electron chi connectivity index (χ4n) is 2.55. The molecule has 8 nitrogen and oxygen atoms in total. The maximum atomic E-state index is 13.0. The van der Waals surface area contributed by atoms with Crippen LogP contribution in [0.1, 0.15) is 24.5 Å². The molecule has 10 heteroatoms. The Bertz CT molecular complexity index is 1130. The number of hydrogen-bond donors (Lipinski definition) is 0. The number of aromatic nitrogens is 2. The Kier molecular flexibility index (Phi) is 6.28. The molecule has 0 amide bonds. The van der Waals surface area contributed by atoms with Gasteiger partial charge in [0.05, 0.1) is 4.90 Å². The van der Waals surface area contributed by atoms with Crippen LogP contribution in [-0.2, 0) is 19.6 Å². The van der Waals surface area contributed by atoms with E-state index in [-0.39, 0.29) is 16.7 Å². The Morgan fingerprint density at radius 2 is 1.77 bits per heavy atom. The largest absolute Gasteiger partial charge is 0.452 e. The van der Waals surface area contributed by atoms with E-state index in [2.05, 4.69) is 10.2 Å². The van der Waals surface area contributed by atoms with Gasteiger partial charge in [0.15, 0.2) is 6.10 Å². The molecule has 0 N–H and O–H groups in total. The highest BCUT2D eigenvalue weighted by Gasteiger charge is 2.26. The highest BCUT2D eigenvalue weighted by atomic mass is 32.2. The van der Waals surface area contributed by atoms with Crippen LogP contribution in [0.15, 0.2) is 57.8 Å². The third-order valence-corrected chi connectivity index (χ3v) is 6.09. The summed E-state index contributed by atoms with van der Waals surface area (Å²) in [5.41, 5.74) is 1.81. The lowest BCUT2D eigenvalue weighted by Crippen LogP contribution is -2.33. The summed E-state index contributed by atoms with van der Waals surface area (Å²) in [6, 6.07) is 11.8. The van der Waals surface area contributed by atoms with Gasteiger partial charge < -0.3 is 9.15 Å². The number of rotatable bonds is 7. The van der Waals surface area contributed by atoms with E-state index in [0.29, 0.717) is 0 Å². The fraction of sp³-hybridized carbons (Fsp3) is 0.250.